The zero-order valence-electron chi connectivity index (χ0n) is 26.5. The van der Waals surface area contributed by atoms with Gasteiger partial charge in [-0.25, -0.2) is 4.79 Å². The molecule has 0 radical (unpaired) electrons. The van der Waals surface area contributed by atoms with Crippen LogP contribution in [-0.4, -0.2) is 59.3 Å². The number of carbonyl (C=O) groups is 4. The largest absolute Gasteiger partial charge is 0.480 e. The van der Waals surface area contributed by atoms with Crippen molar-refractivity contribution < 1.29 is 34.1 Å². The van der Waals surface area contributed by atoms with Crippen LogP contribution in [0.1, 0.15) is 149 Å². The van der Waals surface area contributed by atoms with E-state index in [4.69, 9.17) is 14.9 Å². The smallest absolute Gasteiger partial charge is 0.328 e. The Hall–Kier alpha value is -2.42. The van der Waals surface area contributed by atoms with E-state index in [0.29, 0.717) is 12.8 Å². The lowest BCUT2D eigenvalue weighted by molar-refractivity contribution is -0.147. The summed E-state index contributed by atoms with van der Waals surface area (Å²) >= 11 is 0. The van der Waals surface area contributed by atoms with Crippen molar-refractivity contribution in [3.63, 3.8) is 0 Å². The molecule has 9 heteroatoms. The Morgan fingerprint density at radius 3 is 1.86 bits per heavy atom. The maximum atomic E-state index is 12.5. The van der Waals surface area contributed by atoms with E-state index in [1.54, 1.807) is 0 Å². The molecular formula is C33H60N2O7. The monoisotopic (exact) mass is 596 g/mol. The van der Waals surface area contributed by atoms with E-state index in [-0.39, 0.29) is 30.9 Å². The highest BCUT2D eigenvalue weighted by molar-refractivity contribution is 5.87. The number of aliphatic carboxylic acids is 1. The average Bonchev–Trinajstić information content (AvgIpc) is 2.96. The normalized spacial score (nSPS) is 12.6. The van der Waals surface area contributed by atoms with Crippen molar-refractivity contribution in [2.75, 3.05) is 13.2 Å². The van der Waals surface area contributed by atoms with Crippen LogP contribution in [0.4, 0.5) is 0 Å². The number of unbranched alkanes of at least 4 members (excludes halogenated alkanes) is 15. The number of aliphatic hydroxyl groups excluding tert-OH is 1. The number of aliphatic hydroxyl groups is 1. The van der Waals surface area contributed by atoms with Crippen LogP contribution in [0.15, 0.2) is 12.2 Å². The summed E-state index contributed by atoms with van der Waals surface area (Å²) in [6, 6.07) is -1.39. The van der Waals surface area contributed by atoms with Crippen molar-refractivity contribution in [1.82, 2.24) is 10.6 Å². The first kappa shape index (κ1) is 39.6. The van der Waals surface area contributed by atoms with Gasteiger partial charge in [-0.05, 0) is 44.6 Å². The van der Waals surface area contributed by atoms with Gasteiger partial charge in [0.2, 0.25) is 11.8 Å². The molecule has 0 aromatic rings. The van der Waals surface area contributed by atoms with Gasteiger partial charge in [-0.1, -0.05) is 103 Å². The molecule has 0 aliphatic heterocycles. The summed E-state index contributed by atoms with van der Waals surface area (Å²) in [7, 11) is 0. The zero-order chi connectivity index (χ0) is 31.3. The van der Waals surface area contributed by atoms with E-state index in [1.807, 2.05) is 6.08 Å². The molecule has 9 nitrogen and oxygen atoms in total. The fraction of sp³-hybridized carbons (Fsp3) is 0.818. The van der Waals surface area contributed by atoms with Gasteiger partial charge in [-0.15, -0.1) is 0 Å². The minimum Gasteiger partial charge on any atom is -0.480 e. The third-order valence-corrected chi connectivity index (χ3v) is 7.25. The van der Waals surface area contributed by atoms with Gasteiger partial charge in [0.25, 0.3) is 0 Å². The van der Waals surface area contributed by atoms with Crippen molar-refractivity contribution in [2.45, 2.75) is 161 Å². The van der Waals surface area contributed by atoms with E-state index in [0.717, 1.165) is 51.4 Å². The molecule has 0 aliphatic rings. The van der Waals surface area contributed by atoms with Crippen LogP contribution in [0, 0.1) is 0 Å². The Kier molecular flexibility index (Phi) is 27.0. The molecule has 42 heavy (non-hydrogen) atoms. The average molecular weight is 597 g/mol. The van der Waals surface area contributed by atoms with E-state index in [1.165, 1.54) is 64.2 Å². The van der Waals surface area contributed by atoms with Gasteiger partial charge in [0.05, 0.1) is 13.2 Å². The lowest BCUT2D eigenvalue weighted by Gasteiger charge is -2.15. The van der Waals surface area contributed by atoms with Gasteiger partial charge in [0.15, 0.2) is 0 Å². The second-order valence-electron chi connectivity index (χ2n) is 11.3. The molecular weight excluding hydrogens is 536 g/mol. The Morgan fingerprint density at radius 2 is 1.26 bits per heavy atom. The SMILES string of the molecule is CCCCC/C=C\C(CCCCCCC(=O)NCC(=O)NC(CO)C(=O)O)OC(=O)CCCCCCCCCCCC. The number of rotatable bonds is 29. The predicted molar refractivity (Wildman–Crippen MR) is 167 cm³/mol. The molecule has 0 fully saturated rings. The van der Waals surface area contributed by atoms with E-state index >= 15 is 0 Å². The first-order valence-corrected chi connectivity index (χ1v) is 16.6. The quantitative estimate of drug-likeness (QED) is 0.0447. The number of allylic oxidation sites excluding steroid dienone is 1. The number of esters is 1. The van der Waals surface area contributed by atoms with Gasteiger partial charge < -0.3 is 25.6 Å². The van der Waals surface area contributed by atoms with E-state index in [2.05, 4.69) is 30.6 Å². The van der Waals surface area contributed by atoms with Crippen LogP contribution in [0.2, 0.25) is 0 Å². The molecule has 2 amide bonds. The van der Waals surface area contributed by atoms with E-state index < -0.39 is 24.5 Å². The first-order valence-electron chi connectivity index (χ1n) is 16.6. The molecule has 4 N–H and O–H groups in total. The molecule has 0 aliphatic carbocycles. The van der Waals surface area contributed by atoms with Crippen LogP contribution in [0.3, 0.4) is 0 Å². The van der Waals surface area contributed by atoms with Gasteiger partial charge in [0.1, 0.15) is 12.1 Å². The van der Waals surface area contributed by atoms with Crippen LogP contribution in [-0.2, 0) is 23.9 Å². The van der Waals surface area contributed by atoms with Crippen molar-refractivity contribution in [3.05, 3.63) is 12.2 Å². The third kappa shape index (κ3) is 25.3. The Balaban J connectivity index is 4.20. The summed E-state index contributed by atoms with van der Waals surface area (Å²) < 4.78 is 5.81. The zero-order valence-corrected chi connectivity index (χ0v) is 26.5. The maximum absolute atomic E-state index is 12.5. The summed E-state index contributed by atoms with van der Waals surface area (Å²) in [6.07, 6.45) is 25.6. The summed E-state index contributed by atoms with van der Waals surface area (Å²) in [4.78, 5) is 47.0. The number of amides is 2. The Morgan fingerprint density at radius 1 is 0.714 bits per heavy atom. The predicted octanol–water partition coefficient (Wildman–Crippen LogP) is 6.36. The van der Waals surface area contributed by atoms with Crippen molar-refractivity contribution in [2.24, 2.45) is 0 Å². The molecule has 0 aromatic heterocycles. The highest BCUT2D eigenvalue weighted by Crippen LogP contribution is 2.15. The maximum Gasteiger partial charge on any atom is 0.328 e. The van der Waals surface area contributed by atoms with Gasteiger partial charge in [-0.2, -0.15) is 0 Å². The third-order valence-electron chi connectivity index (χ3n) is 7.25. The fourth-order valence-corrected chi connectivity index (χ4v) is 4.62. The summed E-state index contributed by atoms with van der Waals surface area (Å²) in [6.45, 7) is 3.36. The second-order valence-corrected chi connectivity index (χ2v) is 11.3. The molecule has 0 saturated heterocycles. The Bertz CT molecular complexity index is 742. The van der Waals surface area contributed by atoms with Crippen LogP contribution in [0.5, 0.6) is 0 Å². The van der Waals surface area contributed by atoms with Crippen molar-refractivity contribution >= 4 is 23.8 Å². The molecule has 0 bridgehead atoms. The molecule has 2 atom stereocenters. The lowest BCUT2D eigenvalue weighted by atomic mass is 10.1. The van der Waals surface area contributed by atoms with Crippen molar-refractivity contribution in [3.8, 4) is 0 Å². The van der Waals surface area contributed by atoms with Gasteiger partial charge in [0, 0.05) is 12.8 Å². The molecule has 0 rings (SSSR count). The standard InChI is InChI=1S/C33H60N2O7/c1-3-5-7-9-10-11-12-13-15-21-25-32(39)42-28(22-18-14-8-6-4-2)23-19-16-17-20-24-30(37)34-26-31(38)35-29(27-36)33(40)41/h18,22,28-29,36H,3-17,19-21,23-27H2,1-2H3,(H,34,37)(H,35,38)(H,40,41)/b22-18-. The number of hydrogen-bond donors (Lipinski definition) is 4. The number of ether oxygens (including phenoxy) is 1. The minimum absolute atomic E-state index is 0.118. The Labute approximate surface area is 254 Å². The first-order chi connectivity index (χ1) is 20.3. The molecule has 0 aromatic carbocycles. The molecule has 0 heterocycles. The van der Waals surface area contributed by atoms with Crippen molar-refractivity contribution in [1.29, 1.82) is 0 Å². The van der Waals surface area contributed by atoms with E-state index in [9.17, 15) is 19.2 Å². The number of hydrogen-bond acceptors (Lipinski definition) is 6. The lowest BCUT2D eigenvalue weighted by Crippen LogP contribution is -2.47. The summed E-state index contributed by atoms with van der Waals surface area (Å²) in [5.74, 6) is -2.40. The van der Waals surface area contributed by atoms with Crippen LogP contribution in [0.25, 0.3) is 0 Å². The van der Waals surface area contributed by atoms with Crippen LogP contribution >= 0.6 is 0 Å². The minimum atomic E-state index is -1.39. The highest BCUT2D eigenvalue weighted by atomic mass is 16.5. The second kappa shape index (κ2) is 28.7. The highest BCUT2D eigenvalue weighted by Gasteiger charge is 2.18. The molecule has 0 spiro atoms. The van der Waals surface area contributed by atoms with Crippen LogP contribution < -0.4 is 10.6 Å². The van der Waals surface area contributed by atoms with Gasteiger partial charge in [-0.3, -0.25) is 14.4 Å². The number of carbonyl (C=O) groups excluding carboxylic acids is 3. The summed E-state index contributed by atoms with van der Waals surface area (Å²) in [5, 5.41) is 22.4. The molecule has 0 saturated carbocycles. The number of nitrogens with one attached hydrogen (secondary N) is 2. The number of carboxylic acid groups (broad SMARTS) is 1. The molecule has 244 valence electrons. The fourth-order valence-electron chi connectivity index (χ4n) is 4.62. The topological polar surface area (TPSA) is 142 Å². The molecule has 2 unspecified atom stereocenters. The summed E-state index contributed by atoms with van der Waals surface area (Å²) in [5.41, 5.74) is 0. The number of carboxylic acids is 1. The van der Waals surface area contributed by atoms with Gasteiger partial charge >= 0.3 is 11.9 Å².